The average Bonchev–Trinajstić information content (AvgIpc) is 2.92. The summed E-state index contributed by atoms with van der Waals surface area (Å²) < 4.78 is 71.3. The molecule has 0 spiro atoms. The number of rotatable bonds is 5. The molecule has 4 rings (SSSR count). The smallest absolute Gasteiger partial charge is 0.383 e. The van der Waals surface area contributed by atoms with Crippen LogP contribution in [0.3, 0.4) is 0 Å². The zero-order valence-electron chi connectivity index (χ0n) is 23.9. The van der Waals surface area contributed by atoms with Crippen LogP contribution in [0.4, 0.5) is 43.9 Å². The van der Waals surface area contributed by atoms with E-state index < -0.39 is 47.5 Å². The molecule has 42 heavy (non-hydrogen) atoms. The second-order valence-electron chi connectivity index (χ2n) is 10.9. The van der Waals surface area contributed by atoms with Crippen molar-refractivity contribution in [2.75, 3.05) is 63.3 Å². The lowest BCUT2D eigenvalue weighted by atomic mass is 9.88. The molecule has 0 bridgehead atoms. The molecule has 0 aromatic carbocycles. The van der Waals surface area contributed by atoms with Crippen molar-refractivity contribution >= 4 is 28.9 Å². The molecule has 4 heterocycles. The van der Waals surface area contributed by atoms with Crippen LogP contribution < -0.4 is 21.5 Å². The largest absolute Gasteiger partial charge is 0.417 e. The van der Waals surface area contributed by atoms with Gasteiger partial charge in [-0.2, -0.15) is 13.2 Å². The minimum Gasteiger partial charge on any atom is -0.383 e. The number of hydrogen-bond acceptors (Lipinski definition) is 7. The lowest BCUT2D eigenvalue weighted by molar-refractivity contribution is -0.138. The van der Waals surface area contributed by atoms with Crippen LogP contribution in [0.1, 0.15) is 30.4 Å². The number of nitrogens with one attached hydrogen (secondary N) is 1. The van der Waals surface area contributed by atoms with E-state index in [1.807, 2.05) is 7.05 Å². The number of hydrogen-bond donors (Lipinski definition) is 2. The molecule has 15 heteroatoms. The summed E-state index contributed by atoms with van der Waals surface area (Å²) in [6.07, 6.45) is -1.14. The Labute approximate surface area is 240 Å². The molecule has 1 unspecified atom stereocenters. The van der Waals surface area contributed by atoms with Crippen LogP contribution >= 0.6 is 0 Å². The summed E-state index contributed by atoms with van der Waals surface area (Å²) in [5, 5.41) is 2.07. The van der Waals surface area contributed by atoms with E-state index in [-0.39, 0.29) is 24.7 Å². The zero-order valence-corrected chi connectivity index (χ0v) is 23.9. The number of nitrogen functional groups attached to an aromatic ring is 1. The predicted octanol–water partition coefficient (Wildman–Crippen LogP) is 3.52. The number of carbonyl (C=O) groups is 1. The minimum absolute atomic E-state index is 0.140. The Kier molecular flexibility index (Phi) is 8.81. The maximum Gasteiger partial charge on any atom is 0.417 e. The summed E-state index contributed by atoms with van der Waals surface area (Å²) in [6, 6.07) is -0.487. The van der Waals surface area contributed by atoms with Gasteiger partial charge in [-0.3, -0.25) is 9.79 Å². The molecule has 2 aromatic rings. The first-order chi connectivity index (χ1) is 19.6. The summed E-state index contributed by atoms with van der Waals surface area (Å²) in [4.78, 5) is 38.3. The predicted molar refractivity (Wildman–Crippen MR) is 150 cm³/mol. The van der Waals surface area contributed by atoms with Crippen LogP contribution in [-0.2, 0) is 13.2 Å². The number of alkyl halides is 5. The van der Waals surface area contributed by atoms with Crippen molar-refractivity contribution in [3.63, 3.8) is 0 Å². The van der Waals surface area contributed by atoms with Gasteiger partial charge in [0.25, 0.3) is 11.5 Å². The van der Waals surface area contributed by atoms with E-state index in [4.69, 9.17) is 5.73 Å². The molecule has 2 aliphatic heterocycles. The quantitative estimate of drug-likeness (QED) is 0.403. The summed E-state index contributed by atoms with van der Waals surface area (Å²) in [6.45, 7) is 1.21. The topological polar surface area (TPSA) is 112 Å². The molecular weight excluding hydrogens is 563 g/mol. The number of amides is 2. The normalized spacial score (nSPS) is 20.5. The van der Waals surface area contributed by atoms with Gasteiger partial charge < -0.3 is 30.3 Å². The van der Waals surface area contributed by atoms with Gasteiger partial charge in [0.2, 0.25) is 0 Å². The SMILES string of the molecule is CN=C(c1cc(N2CCC(N(C)C(=O)Nc3cc(C(F)(F)F)cn(C)c3=O)C(F)(F)C2)cnc1N)C1CCN(C)CC1. The van der Waals surface area contributed by atoms with Crippen LogP contribution in [0.5, 0.6) is 0 Å². The van der Waals surface area contributed by atoms with Crippen LogP contribution in [0.25, 0.3) is 0 Å². The summed E-state index contributed by atoms with van der Waals surface area (Å²) in [5.74, 6) is -2.98. The number of piperidine rings is 2. The maximum absolute atomic E-state index is 15.5. The van der Waals surface area contributed by atoms with Gasteiger partial charge in [-0.05, 0) is 51.5 Å². The van der Waals surface area contributed by atoms with E-state index in [0.29, 0.717) is 28.1 Å². The first-order valence-corrected chi connectivity index (χ1v) is 13.5. The van der Waals surface area contributed by atoms with Gasteiger partial charge in [0.15, 0.2) is 0 Å². The summed E-state index contributed by atoms with van der Waals surface area (Å²) in [7, 11) is 5.94. The first kappa shape index (κ1) is 31.2. The van der Waals surface area contributed by atoms with Crippen molar-refractivity contribution in [1.82, 2.24) is 19.4 Å². The Balaban J connectivity index is 1.49. The number of aryl methyl sites for hydroxylation is 1. The second kappa shape index (κ2) is 11.9. The molecule has 1 atom stereocenters. The summed E-state index contributed by atoms with van der Waals surface area (Å²) >= 11 is 0. The number of urea groups is 1. The van der Waals surface area contributed by atoms with Crippen molar-refractivity contribution in [2.45, 2.75) is 37.4 Å². The molecule has 0 aliphatic carbocycles. The summed E-state index contributed by atoms with van der Waals surface area (Å²) in [5.41, 5.74) is 5.28. The highest BCUT2D eigenvalue weighted by atomic mass is 19.4. The molecular formula is C27H35F5N8O2. The third-order valence-corrected chi connectivity index (χ3v) is 7.99. The fraction of sp³-hybridized carbons (Fsp3) is 0.556. The molecule has 0 saturated carbocycles. The molecule has 2 amide bonds. The van der Waals surface area contributed by atoms with Crippen molar-refractivity contribution in [3.05, 3.63) is 46.0 Å². The van der Waals surface area contributed by atoms with Crippen molar-refractivity contribution in [1.29, 1.82) is 0 Å². The van der Waals surface area contributed by atoms with E-state index in [1.54, 1.807) is 13.1 Å². The Morgan fingerprint density at radius 3 is 2.43 bits per heavy atom. The average molecular weight is 599 g/mol. The number of halogens is 5. The molecule has 2 saturated heterocycles. The number of nitrogens with zero attached hydrogens (tertiary/aromatic N) is 6. The number of aromatic nitrogens is 2. The van der Waals surface area contributed by atoms with E-state index in [1.165, 1.54) is 11.1 Å². The van der Waals surface area contributed by atoms with Gasteiger partial charge in [-0.25, -0.2) is 18.6 Å². The van der Waals surface area contributed by atoms with E-state index >= 15 is 8.78 Å². The monoisotopic (exact) mass is 598 g/mol. The highest BCUT2D eigenvalue weighted by Gasteiger charge is 2.48. The maximum atomic E-state index is 15.5. The lowest BCUT2D eigenvalue weighted by Gasteiger charge is -2.43. The third-order valence-electron chi connectivity index (χ3n) is 7.99. The highest BCUT2D eigenvalue weighted by molar-refractivity contribution is 6.06. The number of aliphatic imine (C=N–C) groups is 1. The lowest BCUT2D eigenvalue weighted by Crippen LogP contribution is -2.59. The van der Waals surface area contributed by atoms with Gasteiger partial charge >= 0.3 is 12.2 Å². The van der Waals surface area contributed by atoms with Gasteiger partial charge in [0.1, 0.15) is 17.5 Å². The molecule has 10 nitrogen and oxygen atoms in total. The number of nitrogens with two attached hydrogens (primary N) is 1. The van der Waals surface area contributed by atoms with Crippen molar-refractivity contribution in [2.24, 2.45) is 18.0 Å². The third kappa shape index (κ3) is 6.50. The molecule has 2 aromatic heterocycles. The van der Waals surface area contributed by atoms with Gasteiger partial charge in [-0.15, -0.1) is 0 Å². The second-order valence-corrected chi connectivity index (χ2v) is 10.9. The Morgan fingerprint density at radius 2 is 1.83 bits per heavy atom. The number of carbonyl (C=O) groups excluding carboxylic acids is 1. The molecule has 2 fully saturated rings. The molecule has 3 N–H and O–H groups in total. The number of anilines is 3. The van der Waals surface area contributed by atoms with Gasteiger partial charge in [0, 0.05) is 51.1 Å². The molecule has 0 radical (unpaired) electrons. The zero-order chi connectivity index (χ0) is 31.0. The van der Waals surface area contributed by atoms with E-state index in [0.717, 1.165) is 50.6 Å². The molecule has 2 aliphatic rings. The van der Waals surface area contributed by atoms with Crippen LogP contribution in [-0.4, -0.2) is 90.4 Å². The minimum atomic E-state index is -4.77. The molecule has 230 valence electrons. The van der Waals surface area contributed by atoms with Gasteiger partial charge in [0.05, 0.1) is 24.0 Å². The van der Waals surface area contributed by atoms with E-state index in [9.17, 15) is 22.8 Å². The number of pyridine rings is 2. The fourth-order valence-corrected chi connectivity index (χ4v) is 5.57. The van der Waals surface area contributed by atoms with Crippen molar-refractivity contribution in [3.8, 4) is 0 Å². The fourth-order valence-electron chi connectivity index (χ4n) is 5.57. The standard InChI is InChI=1S/C27H35F5N8O2/c1-34-22(16-5-8-37(2)9-6-16)19-12-18(13-35-23(19)33)40-10-7-21(26(28,29)15-40)39(4)25(42)36-20-11-17(27(30,31)32)14-38(3)24(20)41/h11-14,16,21H,5-10,15H2,1-4H3,(H2,33,35)(H,36,42). The first-order valence-electron chi connectivity index (χ1n) is 13.5. The highest BCUT2D eigenvalue weighted by Crippen LogP contribution is 2.35. The van der Waals surface area contributed by atoms with Crippen LogP contribution in [0.2, 0.25) is 0 Å². The van der Waals surface area contributed by atoms with Crippen LogP contribution in [0, 0.1) is 5.92 Å². The van der Waals surface area contributed by atoms with Crippen LogP contribution in [0.15, 0.2) is 34.3 Å². The Hall–Kier alpha value is -3.75. The Bertz CT molecular complexity index is 1400. The Morgan fingerprint density at radius 1 is 1.17 bits per heavy atom. The van der Waals surface area contributed by atoms with E-state index in [2.05, 4.69) is 20.2 Å². The van der Waals surface area contributed by atoms with Crippen molar-refractivity contribution < 1.29 is 26.7 Å². The number of likely N-dealkylation sites (tertiary alicyclic amines) is 1. The van der Waals surface area contributed by atoms with Gasteiger partial charge in [-0.1, -0.05) is 0 Å².